The predicted molar refractivity (Wildman–Crippen MR) is 142 cm³/mol. The molecule has 0 saturated carbocycles. The number of rotatable bonds is 6. The minimum absolute atomic E-state index is 0.112. The Morgan fingerprint density at radius 3 is 1.97 bits per heavy atom. The van der Waals surface area contributed by atoms with Gasteiger partial charge in [-0.05, 0) is 66.2 Å². The van der Waals surface area contributed by atoms with Crippen molar-refractivity contribution in [2.75, 3.05) is 62.4 Å². The minimum atomic E-state index is 0.112. The summed E-state index contributed by atoms with van der Waals surface area (Å²) in [5, 5.41) is 0. The molecule has 2 aliphatic rings. The molecule has 0 spiro atoms. The van der Waals surface area contributed by atoms with Gasteiger partial charge in [0.25, 0.3) is 0 Å². The van der Waals surface area contributed by atoms with Gasteiger partial charge in [-0.15, -0.1) is 0 Å². The molecule has 0 amide bonds. The van der Waals surface area contributed by atoms with Crippen molar-refractivity contribution in [1.82, 2.24) is 9.97 Å². The largest absolute Gasteiger partial charge is 0.378 e. The van der Waals surface area contributed by atoms with Crippen LogP contribution < -0.4 is 9.80 Å². The lowest BCUT2D eigenvalue weighted by atomic mass is 10.0. The molecule has 184 valence electrons. The smallest absolute Gasteiger partial charge is 0.167 e. The number of hydrogen-bond donors (Lipinski definition) is 1. The summed E-state index contributed by atoms with van der Waals surface area (Å²) in [6.07, 6.45) is 0.357. The summed E-state index contributed by atoms with van der Waals surface area (Å²) >= 11 is 0. The molecular weight excluding hydrogens is 452 g/mol. The average molecular weight is 483 g/mol. The second kappa shape index (κ2) is 10.1. The summed E-state index contributed by atoms with van der Waals surface area (Å²) < 4.78 is 10.9. The van der Waals surface area contributed by atoms with Gasteiger partial charge in [-0.2, -0.15) is 0 Å². The normalized spacial score (nSPS) is 16.4. The van der Waals surface area contributed by atoms with E-state index in [9.17, 15) is 4.79 Å². The third-order valence-electron chi connectivity index (χ3n) is 6.99. The van der Waals surface area contributed by atoms with Crippen LogP contribution >= 0.6 is 0 Å². The highest BCUT2D eigenvalue weighted by Crippen LogP contribution is 2.25. The van der Waals surface area contributed by atoms with Crippen LogP contribution in [0.2, 0.25) is 0 Å². The van der Waals surface area contributed by atoms with E-state index in [1.807, 2.05) is 42.5 Å². The number of nitrogens with one attached hydrogen (secondary N) is 1. The number of fused-ring (bicyclic) bond motifs is 1. The number of carbonyl (C=O) groups excluding carboxylic acids is 1. The average Bonchev–Trinajstić information content (AvgIpc) is 3.38. The van der Waals surface area contributed by atoms with Crippen molar-refractivity contribution in [3.8, 4) is 11.4 Å². The van der Waals surface area contributed by atoms with E-state index in [0.29, 0.717) is 6.42 Å². The number of aromatic amines is 1. The van der Waals surface area contributed by atoms with Crippen LogP contribution in [0.3, 0.4) is 0 Å². The number of benzene rings is 3. The molecule has 2 aliphatic heterocycles. The molecule has 0 aliphatic carbocycles. The topological polar surface area (TPSA) is 70.7 Å². The van der Waals surface area contributed by atoms with Crippen molar-refractivity contribution in [3.05, 3.63) is 77.9 Å². The highest BCUT2D eigenvalue weighted by molar-refractivity contribution is 5.98. The number of anilines is 2. The van der Waals surface area contributed by atoms with Crippen LogP contribution in [0.15, 0.2) is 66.7 Å². The Labute approximate surface area is 210 Å². The van der Waals surface area contributed by atoms with E-state index < -0.39 is 0 Å². The van der Waals surface area contributed by atoms with Crippen molar-refractivity contribution in [2.45, 2.75) is 6.42 Å². The Morgan fingerprint density at radius 1 is 0.778 bits per heavy atom. The quantitative estimate of drug-likeness (QED) is 0.413. The molecule has 7 heteroatoms. The fourth-order valence-corrected chi connectivity index (χ4v) is 4.92. The second-order valence-corrected chi connectivity index (χ2v) is 9.33. The molecule has 0 bridgehead atoms. The van der Waals surface area contributed by atoms with Crippen LogP contribution in [0, 0.1) is 0 Å². The molecule has 7 nitrogen and oxygen atoms in total. The Morgan fingerprint density at radius 2 is 1.36 bits per heavy atom. The lowest BCUT2D eigenvalue weighted by Crippen LogP contribution is -2.36. The van der Waals surface area contributed by atoms with Gasteiger partial charge in [0, 0.05) is 55.1 Å². The first-order chi connectivity index (χ1) is 17.7. The molecule has 1 aromatic heterocycles. The summed E-state index contributed by atoms with van der Waals surface area (Å²) in [4.78, 5) is 25.8. The fourth-order valence-electron chi connectivity index (χ4n) is 4.92. The third-order valence-corrected chi connectivity index (χ3v) is 6.99. The van der Waals surface area contributed by atoms with E-state index in [1.54, 1.807) is 0 Å². The summed E-state index contributed by atoms with van der Waals surface area (Å²) in [5.74, 6) is 0.946. The molecule has 0 radical (unpaired) electrons. The van der Waals surface area contributed by atoms with Crippen LogP contribution in [0.5, 0.6) is 0 Å². The molecular formula is C29H30N4O3. The number of carbonyl (C=O) groups is 1. The van der Waals surface area contributed by atoms with Crippen molar-refractivity contribution in [1.29, 1.82) is 0 Å². The first kappa shape index (κ1) is 22.8. The van der Waals surface area contributed by atoms with E-state index in [0.717, 1.165) is 91.8 Å². The third kappa shape index (κ3) is 4.85. The Balaban J connectivity index is 1.14. The maximum absolute atomic E-state index is 13.0. The van der Waals surface area contributed by atoms with Gasteiger partial charge in [0.05, 0.1) is 37.5 Å². The Hall–Kier alpha value is -3.68. The minimum Gasteiger partial charge on any atom is -0.378 e. The lowest BCUT2D eigenvalue weighted by molar-refractivity contribution is 0.0993. The number of ether oxygens (including phenoxy) is 2. The molecule has 4 aromatic rings. The number of nitrogens with zero attached hydrogens (tertiary/aromatic N) is 3. The maximum Gasteiger partial charge on any atom is 0.167 e. The molecule has 6 rings (SSSR count). The number of Topliss-reactive ketones (excluding diaryl/α,β-unsaturated/α-hetero) is 1. The molecule has 1 N–H and O–H groups in total. The first-order valence-electron chi connectivity index (χ1n) is 12.6. The molecule has 3 aromatic carbocycles. The van der Waals surface area contributed by atoms with E-state index in [4.69, 9.17) is 14.5 Å². The number of morpholine rings is 2. The predicted octanol–water partition coefficient (Wildman–Crippen LogP) is 4.33. The van der Waals surface area contributed by atoms with Crippen LogP contribution in [0.4, 0.5) is 11.4 Å². The van der Waals surface area contributed by atoms with Crippen molar-refractivity contribution in [2.24, 2.45) is 0 Å². The molecule has 0 unspecified atom stereocenters. The van der Waals surface area contributed by atoms with E-state index in [2.05, 4.69) is 39.0 Å². The van der Waals surface area contributed by atoms with Gasteiger partial charge in [-0.1, -0.05) is 6.07 Å². The molecule has 3 heterocycles. The molecule has 0 atom stereocenters. The van der Waals surface area contributed by atoms with Crippen LogP contribution in [0.25, 0.3) is 22.4 Å². The van der Waals surface area contributed by atoms with Crippen LogP contribution in [-0.2, 0) is 15.9 Å². The van der Waals surface area contributed by atoms with Crippen molar-refractivity contribution < 1.29 is 14.3 Å². The second-order valence-electron chi connectivity index (χ2n) is 9.33. The van der Waals surface area contributed by atoms with Crippen molar-refractivity contribution >= 4 is 28.2 Å². The zero-order valence-corrected chi connectivity index (χ0v) is 20.3. The Bertz CT molecular complexity index is 1340. The summed E-state index contributed by atoms with van der Waals surface area (Å²) in [6.45, 7) is 6.66. The lowest BCUT2D eigenvalue weighted by Gasteiger charge is -2.28. The number of hydrogen-bond acceptors (Lipinski definition) is 6. The highest BCUT2D eigenvalue weighted by atomic mass is 16.5. The molecule has 36 heavy (non-hydrogen) atoms. The van der Waals surface area contributed by atoms with E-state index >= 15 is 0 Å². The monoisotopic (exact) mass is 482 g/mol. The number of aromatic nitrogens is 2. The maximum atomic E-state index is 13.0. The van der Waals surface area contributed by atoms with Gasteiger partial charge in [0.1, 0.15) is 5.82 Å². The fraction of sp³-hybridized carbons (Fsp3) is 0.310. The number of imidazole rings is 1. The van der Waals surface area contributed by atoms with Gasteiger partial charge in [0.15, 0.2) is 5.78 Å². The molecule has 2 fully saturated rings. The summed E-state index contributed by atoms with van der Waals surface area (Å²) in [7, 11) is 0. The Kier molecular flexibility index (Phi) is 6.40. The van der Waals surface area contributed by atoms with Gasteiger partial charge in [-0.3, -0.25) is 4.79 Å². The summed E-state index contributed by atoms with van der Waals surface area (Å²) in [6, 6.07) is 22.4. The number of ketones is 1. The van der Waals surface area contributed by atoms with Gasteiger partial charge in [0.2, 0.25) is 0 Å². The standard InChI is InChI=1S/C29H30N4O3/c34-28(22-2-6-24(7-3-22)32-11-15-35-16-12-32)20-21-1-10-26-27(19-21)31-29(30-26)23-4-8-25(9-5-23)33-13-17-36-18-14-33/h1-10,19H,11-18,20H2,(H,30,31). The summed E-state index contributed by atoms with van der Waals surface area (Å²) in [5.41, 5.74) is 6.93. The SMILES string of the molecule is O=C(Cc1ccc2nc(-c3ccc(N4CCOCC4)cc3)[nH]c2c1)c1ccc(N2CCOCC2)cc1. The molecule has 2 saturated heterocycles. The zero-order valence-electron chi connectivity index (χ0n) is 20.3. The number of H-pyrrole nitrogens is 1. The van der Waals surface area contributed by atoms with E-state index in [-0.39, 0.29) is 5.78 Å². The zero-order chi connectivity index (χ0) is 24.3. The van der Waals surface area contributed by atoms with E-state index in [1.165, 1.54) is 5.69 Å². The van der Waals surface area contributed by atoms with Crippen LogP contribution in [0.1, 0.15) is 15.9 Å². The first-order valence-corrected chi connectivity index (χ1v) is 12.6. The van der Waals surface area contributed by atoms with Gasteiger partial charge in [-0.25, -0.2) is 4.98 Å². The van der Waals surface area contributed by atoms with Crippen LogP contribution in [-0.4, -0.2) is 68.4 Å². The van der Waals surface area contributed by atoms with Gasteiger partial charge < -0.3 is 24.3 Å². The van der Waals surface area contributed by atoms with Gasteiger partial charge >= 0.3 is 0 Å². The van der Waals surface area contributed by atoms with Crippen molar-refractivity contribution in [3.63, 3.8) is 0 Å². The highest BCUT2D eigenvalue weighted by Gasteiger charge is 2.14.